The summed E-state index contributed by atoms with van der Waals surface area (Å²) in [4.78, 5) is 36.4. The van der Waals surface area contributed by atoms with E-state index in [1.165, 1.54) is 23.1 Å². The van der Waals surface area contributed by atoms with Gasteiger partial charge in [0.05, 0.1) is 36.5 Å². The molecule has 1 aliphatic heterocycles. The van der Waals surface area contributed by atoms with Crippen molar-refractivity contribution in [2.45, 2.75) is 32.2 Å². The fourth-order valence-electron chi connectivity index (χ4n) is 6.13. The lowest BCUT2D eigenvalue weighted by molar-refractivity contribution is 0.0991. The first kappa shape index (κ1) is 28.3. The zero-order valence-electron chi connectivity index (χ0n) is 24.7. The standard InChI is InChI=1S/C35H29FN4O5/c1-43-31-18-26-27(19-32(31)44-2)37-20-38-34(26)45-30-15-10-21(24-7-3-4-8-25(24)30)17-29(41)33-28-9-5-6-16-39(28)40(35(33)42)23-13-11-22(36)12-14-23/h3-4,7-8,10-15,18-20H,5-6,9,16-17H2,1-2H3. The predicted molar refractivity (Wildman–Crippen MR) is 168 cm³/mol. The van der Waals surface area contributed by atoms with Crippen LogP contribution in [-0.2, 0) is 19.4 Å². The number of nitrogens with zero attached hydrogens (tertiary/aromatic N) is 4. The molecule has 1 aliphatic rings. The van der Waals surface area contributed by atoms with E-state index in [4.69, 9.17) is 14.2 Å². The van der Waals surface area contributed by atoms with Gasteiger partial charge in [-0.3, -0.25) is 14.3 Å². The molecule has 0 atom stereocenters. The van der Waals surface area contributed by atoms with Crippen LogP contribution < -0.4 is 19.8 Å². The highest BCUT2D eigenvalue weighted by atomic mass is 19.1. The fraction of sp³-hybridized carbons (Fsp3) is 0.200. The number of methoxy groups -OCH3 is 2. The molecule has 3 heterocycles. The van der Waals surface area contributed by atoms with Gasteiger partial charge in [0.2, 0.25) is 5.88 Å². The third-order valence-electron chi connectivity index (χ3n) is 8.27. The van der Waals surface area contributed by atoms with Gasteiger partial charge in [0.25, 0.3) is 5.56 Å². The van der Waals surface area contributed by atoms with Crippen LogP contribution in [0.5, 0.6) is 23.1 Å². The Labute approximate surface area is 257 Å². The van der Waals surface area contributed by atoms with Crippen LogP contribution in [0.15, 0.2) is 83.9 Å². The van der Waals surface area contributed by atoms with Crippen LogP contribution in [0, 0.1) is 5.82 Å². The van der Waals surface area contributed by atoms with Gasteiger partial charge in [0.1, 0.15) is 23.5 Å². The Morgan fingerprint density at radius 2 is 1.62 bits per heavy atom. The number of carbonyl (C=O) groups excluding carboxylic acids is 1. The molecule has 0 aliphatic carbocycles. The predicted octanol–water partition coefficient (Wildman–Crippen LogP) is 6.45. The van der Waals surface area contributed by atoms with Crippen molar-refractivity contribution in [1.29, 1.82) is 0 Å². The summed E-state index contributed by atoms with van der Waals surface area (Å²) in [6, 6.07) is 20.6. The van der Waals surface area contributed by atoms with Gasteiger partial charge in [-0.15, -0.1) is 0 Å². The average molecular weight is 605 g/mol. The molecule has 0 fully saturated rings. The summed E-state index contributed by atoms with van der Waals surface area (Å²) in [5.74, 6) is 1.32. The number of benzene rings is 4. The summed E-state index contributed by atoms with van der Waals surface area (Å²) in [6.07, 6.45) is 3.87. The van der Waals surface area contributed by atoms with Gasteiger partial charge >= 0.3 is 0 Å². The number of hydrogen-bond donors (Lipinski definition) is 0. The number of Topliss-reactive ketones (excluding diaryl/α,β-unsaturated/α-hetero) is 1. The Kier molecular flexibility index (Phi) is 7.25. The summed E-state index contributed by atoms with van der Waals surface area (Å²) in [5, 5.41) is 2.26. The second-order valence-electron chi connectivity index (χ2n) is 10.9. The van der Waals surface area contributed by atoms with Crippen LogP contribution in [0.2, 0.25) is 0 Å². The van der Waals surface area contributed by atoms with Crippen molar-refractivity contribution in [3.8, 4) is 28.8 Å². The fourth-order valence-corrected chi connectivity index (χ4v) is 6.13. The summed E-state index contributed by atoms with van der Waals surface area (Å²) in [7, 11) is 3.12. The third-order valence-corrected chi connectivity index (χ3v) is 8.27. The Balaban J connectivity index is 1.26. The molecule has 0 radical (unpaired) electrons. The largest absolute Gasteiger partial charge is 0.493 e. The minimum atomic E-state index is -0.388. The van der Waals surface area contributed by atoms with E-state index >= 15 is 0 Å². The lowest BCUT2D eigenvalue weighted by Gasteiger charge is -2.19. The Bertz CT molecular complexity index is 2150. The van der Waals surface area contributed by atoms with Crippen molar-refractivity contribution in [2.75, 3.05) is 14.2 Å². The number of carbonyl (C=O) groups is 1. The smallest absolute Gasteiger partial charge is 0.282 e. The molecule has 4 aromatic carbocycles. The summed E-state index contributed by atoms with van der Waals surface area (Å²) in [6.45, 7) is 0.612. The Morgan fingerprint density at radius 1 is 0.867 bits per heavy atom. The highest BCUT2D eigenvalue weighted by Gasteiger charge is 2.28. The molecule has 0 spiro atoms. The first-order valence-electron chi connectivity index (χ1n) is 14.7. The van der Waals surface area contributed by atoms with E-state index < -0.39 is 0 Å². The SMILES string of the molecule is COc1cc2ncnc(Oc3ccc(CC(=O)c4c5n(n(-c6ccc(F)cc6)c4=O)CCCC5)c4ccccc34)c2cc1OC. The topological polar surface area (TPSA) is 97.5 Å². The number of hydrogen-bond acceptors (Lipinski definition) is 7. The maximum atomic E-state index is 13.9. The Hall–Kier alpha value is -5.51. The molecule has 9 nitrogen and oxygen atoms in total. The van der Waals surface area contributed by atoms with E-state index in [-0.39, 0.29) is 29.1 Å². The van der Waals surface area contributed by atoms with Crippen molar-refractivity contribution in [3.63, 3.8) is 0 Å². The molecule has 226 valence electrons. The minimum Gasteiger partial charge on any atom is -0.493 e. The molecule has 0 amide bonds. The van der Waals surface area contributed by atoms with Crippen LogP contribution >= 0.6 is 0 Å². The average Bonchev–Trinajstić information content (AvgIpc) is 3.37. The molecule has 2 aromatic heterocycles. The van der Waals surface area contributed by atoms with Gasteiger partial charge in [0.15, 0.2) is 17.3 Å². The van der Waals surface area contributed by atoms with E-state index in [1.807, 2.05) is 41.1 Å². The van der Waals surface area contributed by atoms with Gasteiger partial charge in [-0.2, -0.15) is 0 Å². The van der Waals surface area contributed by atoms with E-state index in [9.17, 15) is 14.0 Å². The molecule has 0 bridgehead atoms. The number of rotatable bonds is 8. The summed E-state index contributed by atoms with van der Waals surface area (Å²) in [5.41, 5.74) is 2.48. The van der Waals surface area contributed by atoms with Gasteiger partial charge in [-0.1, -0.05) is 30.3 Å². The molecular formula is C35H29FN4O5. The van der Waals surface area contributed by atoms with Crippen molar-refractivity contribution >= 4 is 27.5 Å². The van der Waals surface area contributed by atoms with Crippen LogP contribution in [0.25, 0.3) is 27.4 Å². The molecule has 7 rings (SSSR count). The van der Waals surface area contributed by atoms with Crippen LogP contribution in [0.4, 0.5) is 4.39 Å². The van der Waals surface area contributed by atoms with Gasteiger partial charge in [-0.25, -0.2) is 19.0 Å². The lowest BCUT2D eigenvalue weighted by atomic mass is 9.96. The minimum absolute atomic E-state index is 0.0316. The monoisotopic (exact) mass is 604 g/mol. The molecule has 10 heteroatoms. The zero-order chi connectivity index (χ0) is 31.1. The number of fused-ring (bicyclic) bond motifs is 3. The van der Waals surface area contributed by atoms with Crippen LogP contribution in [0.1, 0.15) is 34.5 Å². The van der Waals surface area contributed by atoms with Gasteiger partial charge in [0, 0.05) is 24.4 Å². The second-order valence-corrected chi connectivity index (χ2v) is 10.9. The quantitative estimate of drug-likeness (QED) is 0.184. The maximum Gasteiger partial charge on any atom is 0.282 e. The molecule has 45 heavy (non-hydrogen) atoms. The number of ketones is 1. The van der Waals surface area contributed by atoms with Crippen molar-refractivity contribution in [3.05, 3.63) is 112 Å². The van der Waals surface area contributed by atoms with Gasteiger partial charge < -0.3 is 14.2 Å². The summed E-state index contributed by atoms with van der Waals surface area (Å²) < 4.78 is 34.3. The lowest BCUT2D eigenvalue weighted by Crippen LogP contribution is -2.24. The first-order chi connectivity index (χ1) is 22.0. The van der Waals surface area contributed by atoms with E-state index in [2.05, 4.69) is 9.97 Å². The van der Waals surface area contributed by atoms with Crippen molar-refractivity contribution < 1.29 is 23.4 Å². The summed E-state index contributed by atoms with van der Waals surface area (Å²) >= 11 is 0. The highest BCUT2D eigenvalue weighted by molar-refractivity contribution is 6.02. The molecule has 0 N–H and O–H groups in total. The number of aromatic nitrogens is 4. The first-order valence-corrected chi connectivity index (χ1v) is 14.7. The Morgan fingerprint density at radius 3 is 2.40 bits per heavy atom. The molecule has 0 saturated heterocycles. The van der Waals surface area contributed by atoms with Crippen LogP contribution in [-0.4, -0.2) is 39.3 Å². The normalized spacial score (nSPS) is 12.7. The van der Waals surface area contributed by atoms with Gasteiger partial charge in [-0.05, 0) is 66.6 Å². The maximum absolute atomic E-state index is 13.9. The molecular weight excluding hydrogens is 575 g/mol. The molecule has 0 saturated carbocycles. The number of ether oxygens (including phenoxy) is 3. The van der Waals surface area contributed by atoms with Crippen molar-refractivity contribution in [2.24, 2.45) is 0 Å². The second kappa shape index (κ2) is 11.5. The van der Waals surface area contributed by atoms with E-state index in [0.717, 1.165) is 34.9 Å². The highest BCUT2D eigenvalue weighted by Crippen LogP contribution is 2.38. The zero-order valence-corrected chi connectivity index (χ0v) is 24.7. The van der Waals surface area contributed by atoms with Crippen LogP contribution in [0.3, 0.4) is 0 Å². The van der Waals surface area contributed by atoms with Crippen molar-refractivity contribution in [1.82, 2.24) is 19.3 Å². The van der Waals surface area contributed by atoms with E-state index in [0.29, 0.717) is 52.7 Å². The third kappa shape index (κ3) is 4.98. The molecule has 6 aromatic rings. The number of halogens is 1. The molecule has 0 unspecified atom stereocenters. The van der Waals surface area contributed by atoms with E-state index in [1.54, 1.807) is 38.5 Å².